The molecule has 112 valence electrons. The Balaban J connectivity index is 2.19. The van der Waals surface area contributed by atoms with Crippen molar-refractivity contribution < 1.29 is 9.84 Å². The van der Waals surface area contributed by atoms with Crippen molar-refractivity contribution in [2.24, 2.45) is 0 Å². The predicted molar refractivity (Wildman–Crippen MR) is 89.8 cm³/mol. The van der Waals surface area contributed by atoms with Gasteiger partial charge in [0.1, 0.15) is 0 Å². The fraction of sp³-hybridized carbons (Fsp3) is 0.250. The largest absolute Gasteiger partial charge is 0.394 e. The van der Waals surface area contributed by atoms with Gasteiger partial charge >= 0.3 is 0 Å². The number of nitrogens with one attached hydrogen (secondary N) is 1. The van der Waals surface area contributed by atoms with Crippen LogP contribution in [-0.2, 0) is 11.3 Å². The zero-order chi connectivity index (χ0) is 15.2. The molecule has 0 aliphatic carbocycles. The summed E-state index contributed by atoms with van der Waals surface area (Å²) in [5.74, 6) is 0. The molecule has 0 saturated carbocycles. The number of hydrogen-bond acceptors (Lipinski definition) is 3. The summed E-state index contributed by atoms with van der Waals surface area (Å²) in [6.45, 7) is 0.551. The average molecular weight is 371 g/mol. The number of halogens is 2. The van der Waals surface area contributed by atoms with Crippen LogP contribution < -0.4 is 5.32 Å². The molecule has 1 unspecified atom stereocenters. The van der Waals surface area contributed by atoms with Gasteiger partial charge in [-0.3, -0.25) is 0 Å². The van der Waals surface area contributed by atoms with E-state index in [0.29, 0.717) is 11.6 Å². The summed E-state index contributed by atoms with van der Waals surface area (Å²) in [4.78, 5) is 0. The third-order valence-electron chi connectivity index (χ3n) is 3.11. The minimum absolute atomic E-state index is 0.00329. The van der Waals surface area contributed by atoms with Gasteiger partial charge < -0.3 is 15.2 Å². The van der Waals surface area contributed by atoms with Crippen LogP contribution in [0.1, 0.15) is 17.2 Å². The highest BCUT2D eigenvalue weighted by Crippen LogP contribution is 2.28. The summed E-state index contributed by atoms with van der Waals surface area (Å²) in [6, 6.07) is 13.4. The first-order chi connectivity index (χ1) is 10.1. The monoisotopic (exact) mass is 369 g/mol. The third kappa shape index (κ3) is 4.45. The first-order valence-electron chi connectivity index (χ1n) is 6.54. The van der Waals surface area contributed by atoms with Crippen LogP contribution in [0.15, 0.2) is 46.9 Å². The second-order valence-corrected chi connectivity index (χ2v) is 5.95. The van der Waals surface area contributed by atoms with Crippen LogP contribution in [0.2, 0.25) is 5.02 Å². The summed E-state index contributed by atoms with van der Waals surface area (Å²) in [5, 5.41) is 13.6. The number of hydrogen-bond donors (Lipinski definition) is 2. The van der Waals surface area contributed by atoms with Gasteiger partial charge in [0.15, 0.2) is 0 Å². The second-order valence-electron chi connectivity index (χ2n) is 4.69. The molecule has 0 aliphatic rings. The van der Waals surface area contributed by atoms with Gasteiger partial charge in [-0.15, -0.1) is 0 Å². The lowest BCUT2D eigenvalue weighted by atomic mass is 10.0. The van der Waals surface area contributed by atoms with Crippen molar-refractivity contribution in [1.82, 2.24) is 0 Å². The molecule has 0 spiro atoms. The average Bonchev–Trinajstić information content (AvgIpc) is 2.49. The van der Waals surface area contributed by atoms with Crippen LogP contribution in [0, 0.1) is 0 Å². The Morgan fingerprint density at radius 3 is 2.76 bits per heavy atom. The molecule has 0 radical (unpaired) electrons. The Morgan fingerprint density at radius 2 is 2.10 bits per heavy atom. The molecule has 2 N–H and O–H groups in total. The fourth-order valence-electron chi connectivity index (χ4n) is 2.09. The lowest BCUT2D eigenvalue weighted by Gasteiger charge is -2.19. The van der Waals surface area contributed by atoms with Crippen LogP contribution in [0.3, 0.4) is 0 Å². The van der Waals surface area contributed by atoms with Crippen molar-refractivity contribution in [3.05, 3.63) is 63.1 Å². The molecule has 1 atom stereocenters. The lowest BCUT2D eigenvalue weighted by molar-refractivity contribution is 0.184. The van der Waals surface area contributed by atoms with E-state index in [9.17, 15) is 5.11 Å². The first-order valence-corrected chi connectivity index (χ1v) is 7.71. The molecule has 3 nitrogen and oxygen atoms in total. The van der Waals surface area contributed by atoms with Gasteiger partial charge in [0.2, 0.25) is 0 Å². The molecule has 0 saturated heterocycles. The smallest absolute Gasteiger partial charge is 0.0745 e. The van der Waals surface area contributed by atoms with E-state index in [1.54, 1.807) is 7.11 Å². The van der Waals surface area contributed by atoms with Crippen LogP contribution in [0.5, 0.6) is 0 Å². The van der Waals surface area contributed by atoms with Gasteiger partial charge in [-0.05, 0) is 45.3 Å². The fourth-order valence-corrected chi connectivity index (χ4v) is 2.58. The van der Waals surface area contributed by atoms with E-state index < -0.39 is 0 Å². The highest BCUT2D eigenvalue weighted by molar-refractivity contribution is 9.10. The SMILES string of the molecule is COCc1cccc(C(CO)Nc2ccc(Cl)c(Br)c2)c1. The topological polar surface area (TPSA) is 41.5 Å². The normalized spacial score (nSPS) is 12.2. The zero-order valence-electron chi connectivity index (χ0n) is 11.6. The van der Waals surface area contributed by atoms with Crippen molar-refractivity contribution >= 4 is 33.2 Å². The number of rotatable bonds is 6. The number of ether oxygens (including phenoxy) is 1. The van der Waals surface area contributed by atoms with E-state index in [1.165, 1.54) is 0 Å². The minimum Gasteiger partial charge on any atom is -0.394 e. The molecule has 0 amide bonds. The zero-order valence-corrected chi connectivity index (χ0v) is 14.0. The van der Waals surface area contributed by atoms with Crippen LogP contribution >= 0.6 is 27.5 Å². The van der Waals surface area contributed by atoms with Crippen molar-refractivity contribution in [3.8, 4) is 0 Å². The Morgan fingerprint density at radius 1 is 1.29 bits per heavy atom. The maximum Gasteiger partial charge on any atom is 0.0745 e. The van der Waals surface area contributed by atoms with Crippen molar-refractivity contribution in [2.45, 2.75) is 12.6 Å². The molecule has 0 heterocycles. The Labute approximate surface area is 138 Å². The van der Waals surface area contributed by atoms with Gasteiger partial charge in [-0.1, -0.05) is 35.9 Å². The summed E-state index contributed by atoms with van der Waals surface area (Å²) in [7, 11) is 1.67. The minimum atomic E-state index is -0.185. The third-order valence-corrected chi connectivity index (χ3v) is 4.32. The van der Waals surface area contributed by atoms with E-state index in [4.69, 9.17) is 16.3 Å². The molecule has 2 aromatic carbocycles. The molecule has 0 fully saturated rings. The van der Waals surface area contributed by atoms with Gasteiger partial charge in [0.25, 0.3) is 0 Å². The molecule has 0 aromatic heterocycles. The molecule has 21 heavy (non-hydrogen) atoms. The molecule has 0 aliphatic heterocycles. The molecule has 0 bridgehead atoms. The van der Waals surface area contributed by atoms with Crippen molar-refractivity contribution in [2.75, 3.05) is 19.0 Å². The summed E-state index contributed by atoms with van der Waals surface area (Å²) in [6.07, 6.45) is 0. The quantitative estimate of drug-likeness (QED) is 0.792. The summed E-state index contributed by atoms with van der Waals surface area (Å²) in [5.41, 5.74) is 2.98. The maximum absolute atomic E-state index is 9.65. The lowest BCUT2D eigenvalue weighted by Crippen LogP contribution is -2.15. The van der Waals surface area contributed by atoms with Crippen molar-refractivity contribution in [1.29, 1.82) is 0 Å². The number of aliphatic hydroxyl groups is 1. The Kier molecular flexibility index (Phi) is 6.06. The Bertz CT molecular complexity index is 607. The van der Waals surface area contributed by atoms with Crippen molar-refractivity contribution in [3.63, 3.8) is 0 Å². The van der Waals surface area contributed by atoms with Crippen LogP contribution in [0.25, 0.3) is 0 Å². The van der Waals surface area contributed by atoms with E-state index in [1.807, 2.05) is 42.5 Å². The van der Waals surface area contributed by atoms with Gasteiger partial charge in [0.05, 0.1) is 24.3 Å². The molecule has 2 rings (SSSR count). The van der Waals surface area contributed by atoms with E-state index in [2.05, 4.69) is 21.2 Å². The predicted octanol–water partition coefficient (Wildman–Crippen LogP) is 4.39. The molecular weight excluding hydrogens is 354 g/mol. The highest BCUT2D eigenvalue weighted by atomic mass is 79.9. The number of methoxy groups -OCH3 is 1. The van der Waals surface area contributed by atoms with Crippen LogP contribution in [-0.4, -0.2) is 18.8 Å². The molecule has 2 aromatic rings. The number of anilines is 1. The highest BCUT2D eigenvalue weighted by Gasteiger charge is 2.11. The van der Waals surface area contributed by atoms with E-state index >= 15 is 0 Å². The standard InChI is InChI=1S/C16H17BrClNO2/c1-21-10-11-3-2-4-12(7-11)16(9-20)19-13-5-6-15(18)14(17)8-13/h2-8,16,19-20H,9-10H2,1H3. The first kappa shape index (κ1) is 16.3. The van der Waals surface area contributed by atoms with E-state index in [-0.39, 0.29) is 12.6 Å². The summed E-state index contributed by atoms with van der Waals surface area (Å²) >= 11 is 9.38. The Hall–Kier alpha value is -1.07. The maximum atomic E-state index is 9.65. The van der Waals surface area contributed by atoms with Gasteiger partial charge in [-0.25, -0.2) is 0 Å². The van der Waals surface area contributed by atoms with Crippen LogP contribution in [0.4, 0.5) is 5.69 Å². The second kappa shape index (κ2) is 7.80. The molecular formula is C16H17BrClNO2. The summed E-state index contributed by atoms with van der Waals surface area (Å²) < 4.78 is 5.96. The number of benzene rings is 2. The van der Waals surface area contributed by atoms with Gasteiger partial charge in [0, 0.05) is 17.3 Å². The van der Waals surface area contributed by atoms with Gasteiger partial charge in [-0.2, -0.15) is 0 Å². The number of aliphatic hydroxyl groups excluding tert-OH is 1. The molecule has 5 heteroatoms. The van der Waals surface area contributed by atoms with E-state index in [0.717, 1.165) is 21.3 Å².